The molecule has 3 rings (SSSR count). The molecule has 0 bridgehead atoms. The molecule has 1 aliphatic heterocycles. The molecule has 1 aliphatic rings. The van der Waals surface area contributed by atoms with Crippen LogP contribution in [0.3, 0.4) is 0 Å². The Labute approximate surface area is 115 Å². The number of carbonyl (C=O) groups excluding carboxylic acids is 3. The number of nitrogens with zero attached hydrogens (tertiary/aromatic N) is 1. The maximum atomic E-state index is 12.2. The molecule has 98 valence electrons. The average molecular weight is 265 g/mol. The van der Waals surface area contributed by atoms with E-state index in [-0.39, 0.29) is 18.4 Å². The monoisotopic (exact) mass is 265 g/mol. The molecule has 0 saturated carbocycles. The van der Waals surface area contributed by atoms with Gasteiger partial charge in [0.15, 0.2) is 0 Å². The van der Waals surface area contributed by atoms with Crippen LogP contribution in [-0.2, 0) is 6.54 Å². The number of hydrogen-bond acceptors (Lipinski definition) is 3. The topological polar surface area (TPSA) is 54.5 Å². The SMILES string of the molecule is O=Cc1ccccc1CN1C(=O)c2ccccc2C1=O. The van der Waals surface area contributed by atoms with Gasteiger partial charge < -0.3 is 0 Å². The lowest BCUT2D eigenvalue weighted by Crippen LogP contribution is -2.29. The van der Waals surface area contributed by atoms with Gasteiger partial charge in [-0.3, -0.25) is 19.3 Å². The first-order valence-electron chi connectivity index (χ1n) is 6.20. The molecule has 0 radical (unpaired) electrons. The molecular formula is C16H11NO3. The van der Waals surface area contributed by atoms with E-state index in [1.165, 1.54) is 4.90 Å². The second-order valence-corrected chi connectivity index (χ2v) is 4.56. The first-order valence-corrected chi connectivity index (χ1v) is 6.20. The third kappa shape index (κ3) is 1.82. The summed E-state index contributed by atoms with van der Waals surface area (Å²) < 4.78 is 0. The molecule has 0 saturated heterocycles. The molecule has 1 heterocycles. The van der Waals surface area contributed by atoms with Crippen molar-refractivity contribution in [1.29, 1.82) is 0 Å². The molecule has 0 N–H and O–H groups in total. The number of amides is 2. The van der Waals surface area contributed by atoms with Crippen LogP contribution in [0.15, 0.2) is 48.5 Å². The van der Waals surface area contributed by atoms with Gasteiger partial charge in [-0.1, -0.05) is 36.4 Å². The molecule has 0 atom stereocenters. The van der Waals surface area contributed by atoms with Gasteiger partial charge in [-0.2, -0.15) is 0 Å². The van der Waals surface area contributed by atoms with Crippen LogP contribution in [0, 0.1) is 0 Å². The molecule has 20 heavy (non-hydrogen) atoms. The zero-order chi connectivity index (χ0) is 14.1. The lowest BCUT2D eigenvalue weighted by molar-refractivity contribution is 0.0641. The molecule has 0 aromatic heterocycles. The van der Waals surface area contributed by atoms with Crippen molar-refractivity contribution < 1.29 is 14.4 Å². The Kier molecular flexibility index (Phi) is 2.91. The van der Waals surface area contributed by atoms with Gasteiger partial charge in [0.25, 0.3) is 11.8 Å². The molecule has 0 aliphatic carbocycles. The largest absolute Gasteiger partial charge is 0.298 e. The van der Waals surface area contributed by atoms with E-state index in [0.717, 1.165) is 6.29 Å². The predicted molar refractivity (Wildman–Crippen MR) is 72.5 cm³/mol. The number of fused-ring (bicyclic) bond motifs is 1. The van der Waals surface area contributed by atoms with Crippen LogP contribution in [0.2, 0.25) is 0 Å². The van der Waals surface area contributed by atoms with Crippen molar-refractivity contribution in [3.63, 3.8) is 0 Å². The minimum Gasteiger partial charge on any atom is -0.298 e. The number of aldehydes is 1. The van der Waals surface area contributed by atoms with Crippen molar-refractivity contribution in [1.82, 2.24) is 4.90 Å². The highest BCUT2D eigenvalue weighted by Crippen LogP contribution is 2.24. The molecule has 2 amide bonds. The lowest BCUT2D eigenvalue weighted by atomic mass is 10.1. The van der Waals surface area contributed by atoms with Crippen LogP contribution in [0.25, 0.3) is 0 Å². The molecular weight excluding hydrogens is 254 g/mol. The van der Waals surface area contributed by atoms with Crippen molar-refractivity contribution in [3.8, 4) is 0 Å². The third-order valence-corrected chi connectivity index (χ3v) is 3.39. The summed E-state index contributed by atoms with van der Waals surface area (Å²) in [5.41, 5.74) is 1.99. The fraction of sp³-hybridized carbons (Fsp3) is 0.0625. The zero-order valence-electron chi connectivity index (χ0n) is 10.6. The smallest absolute Gasteiger partial charge is 0.261 e. The van der Waals surface area contributed by atoms with Crippen LogP contribution >= 0.6 is 0 Å². The van der Waals surface area contributed by atoms with E-state index in [0.29, 0.717) is 22.3 Å². The van der Waals surface area contributed by atoms with Gasteiger partial charge in [0.1, 0.15) is 6.29 Å². The fourth-order valence-electron chi connectivity index (χ4n) is 2.35. The molecule has 4 nitrogen and oxygen atoms in total. The number of carbonyl (C=O) groups is 3. The van der Waals surface area contributed by atoms with E-state index in [2.05, 4.69) is 0 Å². The molecule has 2 aromatic rings. The normalized spacial score (nSPS) is 13.5. The summed E-state index contributed by atoms with van der Waals surface area (Å²) in [6.07, 6.45) is 0.730. The van der Waals surface area contributed by atoms with Gasteiger partial charge in [-0.15, -0.1) is 0 Å². The van der Waals surface area contributed by atoms with Crippen LogP contribution in [0.1, 0.15) is 36.6 Å². The maximum absolute atomic E-state index is 12.2. The summed E-state index contributed by atoms with van der Waals surface area (Å²) >= 11 is 0. The summed E-state index contributed by atoms with van der Waals surface area (Å²) in [6, 6.07) is 13.7. The standard InChI is InChI=1S/C16H11NO3/c18-10-12-6-2-1-5-11(12)9-17-15(19)13-7-3-4-8-14(13)16(17)20/h1-8,10H,9H2. The van der Waals surface area contributed by atoms with Crippen LogP contribution < -0.4 is 0 Å². The summed E-state index contributed by atoms with van der Waals surface area (Å²) in [7, 11) is 0. The van der Waals surface area contributed by atoms with Gasteiger partial charge >= 0.3 is 0 Å². The Morgan fingerprint density at radius 1 is 0.850 bits per heavy atom. The van der Waals surface area contributed by atoms with Gasteiger partial charge in [-0.05, 0) is 17.7 Å². The van der Waals surface area contributed by atoms with Crippen molar-refractivity contribution >= 4 is 18.1 Å². The molecule has 2 aromatic carbocycles. The quantitative estimate of drug-likeness (QED) is 0.632. The van der Waals surface area contributed by atoms with Crippen molar-refractivity contribution in [2.24, 2.45) is 0 Å². The number of rotatable bonds is 3. The Morgan fingerprint density at radius 2 is 1.40 bits per heavy atom. The van der Waals surface area contributed by atoms with Crippen molar-refractivity contribution in [2.45, 2.75) is 6.54 Å². The first-order chi connectivity index (χ1) is 9.72. The van der Waals surface area contributed by atoms with E-state index < -0.39 is 0 Å². The Balaban J connectivity index is 1.96. The second kappa shape index (κ2) is 4.74. The third-order valence-electron chi connectivity index (χ3n) is 3.39. The van der Waals surface area contributed by atoms with Crippen molar-refractivity contribution in [2.75, 3.05) is 0 Å². The molecule has 0 spiro atoms. The van der Waals surface area contributed by atoms with E-state index in [1.807, 2.05) is 0 Å². The minimum atomic E-state index is -0.314. The molecule has 0 unspecified atom stereocenters. The highest BCUT2D eigenvalue weighted by molar-refractivity contribution is 6.21. The minimum absolute atomic E-state index is 0.112. The Bertz CT molecular complexity index is 686. The summed E-state index contributed by atoms with van der Waals surface area (Å²) in [5.74, 6) is -0.627. The van der Waals surface area contributed by atoms with E-state index in [9.17, 15) is 14.4 Å². The summed E-state index contributed by atoms with van der Waals surface area (Å²) in [6.45, 7) is 0.112. The van der Waals surface area contributed by atoms with Gasteiger partial charge in [0.2, 0.25) is 0 Å². The Morgan fingerprint density at radius 3 is 2.00 bits per heavy atom. The number of benzene rings is 2. The van der Waals surface area contributed by atoms with E-state index in [1.54, 1.807) is 48.5 Å². The van der Waals surface area contributed by atoms with Gasteiger partial charge in [-0.25, -0.2) is 0 Å². The summed E-state index contributed by atoms with van der Waals surface area (Å²) in [5, 5.41) is 0. The van der Waals surface area contributed by atoms with Crippen LogP contribution in [-0.4, -0.2) is 23.0 Å². The van der Waals surface area contributed by atoms with E-state index in [4.69, 9.17) is 0 Å². The number of imide groups is 1. The van der Waals surface area contributed by atoms with Crippen LogP contribution in [0.5, 0.6) is 0 Å². The zero-order valence-corrected chi connectivity index (χ0v) is 10.6. The Hall–Kier alpha value is -2.75. The fourth-order valence-corrected chi connectivity index (χ4v) is 2.35. The lowest BCUT2D eigenvalue weighted by Gasteiger charge is -2.14. The average Bonchev–Trinajstić information content (AvgIpc) is 2.73. The van der Waals surface area contributed by atoms with Crippen molar-refractivity contribution in [3.05, 3.63) is 70.8 Å². The van der Waals surface area contributed by atoms with Gasteiger partial charge in [0.05, 0.1) is 17.7 Å². The summed E-state index contributed by atoms with van der Waals surface area (Å²) in [4.78, 5) is 36.6. The van der Waals surface area contributed by atoms with E-state index >= 15 is 0 Å². The second-order valence-electron chi connectivity index (χ2n) is 4.56. The molecule has 4 heteroatoms. The maximum Gasteiger partial charge on any atom is 0.261 e. The first kappa shape index (κ1) is 12.3. The van der Waals surface area contributed by atoms with Crippen LogP contribution in [0.4, 0.5) is 0 Å². The molecule has 0 fully saturated rings. The highest BCUT2D eigenvalue weighted by Gasteiger charge is 2.35. The van der Waals surface area contributed by atoms with Gasteiger partial charge in [0, 0.05) is 5.56 Å². The highest BCUT2D eigenvalue weighted by atomic mass is 16.2. The predicted octanol–water partition coefficient (Wildman–Crippen LogP) is 2.30. The number of hydrogen-bond donors (Lipinski definition) is 0.